The summed E-state index contributed by atoms with van der Waals surface area (Å²) in [7, 11) is 0. The van der Waals surface area contributed by atoms with Crippen LogP contribution in [-0.2, 0) is 0 Å². The molecular formula is C15H24O. The molecule has 0 heterocycles. The quantitative estimate of drug-likeness (QED) is 0.670. The molecule has 1 nitrogen and oxygen atoms in total. The molecule has 0 aliphatic heterocycles. The van der Waals surface area contributed by atoms with Crippen LogP contribution in [0.15, 0.2) is 23.3 Å². The molecule has 90 valence electrons. The van der Waals surface area contributed by atoms with Crippen molar-refractivity contribution < 1.29 is 5.11 Å². The van der Waals surface area contributed by atoms with Crippen molar-refractivity contribution in [1.82, 2.24) is 0 Å². The van der Waals surface area contributed by atoms with Crippen molar-refractivity contribution >= 4 is 0 Å². The molecule has 2 aliphatic rings. The summed E-state index contributed by atoms with van der Waals surface area (Å²) in [6, 6.07) is 0. The van der Waals surface area contributed by atoms with E-state index in [9.17, 15) is 5.11 Å². The summed E-state index contributed by atoms with van der Waals surface area (Å²) in [6.07, 6.45) is 6.66. The lowest BCUT2D eigenvalue weighted by Gasteiger charge is -2.43. The van der Waals surface area contributed by atoms with Gasteiger partial charge in [0.2, 0.25) is 0 Å². The third-order valence-electron chi connectivity index (χ3n) is 4.43. The average molecular weight is 220 g/mol. The molecule has 1 heteroatoms. The van der Waals surface area contributed by atoms with Crippen molar-refractivity contribution in [1.29, 1.82) is 0 Å². The van der Waals surface area contributed by atoms with E-state index in [1.165, 1.54) is 17.6 Å². The van der Waals surface area contributed by atoms with E-state index < -0.39 is 0 Å². The maximum Gasteiger partial charge on any atom is 0.0648 e. The van der Waals surface area contributed by atoms with Crippen LogP contribution in [0.4, 0.5) is 0 Å². The Labute approximate surface area is 99.3 Å². The van der Waals surface area contributed by atoms with E-state index in [1.54, 1.807) is 0 Å². The Kier molecular flexibility index (Phi) is 3.25. The van der Waals surface area contributed by atoms with Gasteiger partial charge in [0.05, 0.1) is 6.10 Å². The third kappa shape index (κ3) is 1.98. The minimum atomic E-state index is -0.159. The third-order valence-corrected chi connectivity index (χ3v) is 4.43. The summed E-state index contributed by atoms with van der Waals surface area (Å²) in [5.74, 6) is 2.35. The molecule has 0 saturated heterocycles. The van der Waals surface area contributed by atoms with Gasteiger partial charge in [-0.2, -0.15) is 0 Å². The smallest absolute Gasteiger partial charge is 0.0648 e. The monoisotopic (exact) mass is 220 g/mol. The van der Waals surface area contributed by atoms with Crippen molar-refractivity contribution in [3.05, 3.63) is 23.3 Å². The number of hydrogen-bond acceptors (Lipinski definition) is 1. The van der Waals surface area contributed by atoms with Crippen LogP contribution < -0.4 is 0 Å². The van der Waals surface area contributed by atoms with E-state index in [-0.39, 0.29) is 6.10 Å². The number of aliphatic hydroxyl groups excluding tert-OH is 1. The van der Waals surface area contributed by atoms with Crippen molar-refractivity contribution in [2.75, 3.05) is 0 Å². The molecular weight excluding hydrogens is 196 g/mol. The van der Waals surface area contributed by atoms with E-state index in [4.69, 9.17) is 0 Å². The second kappa shape index (κ2) is 4.37. The fourth-order valence-electron chi connectivity index (χ4n) is 3.54. The molecule has 0 aromatic rings. The summed E-state index contributed by atoms with van der Waals surface area (Å²) in [5.41, 5.74) is 2.77. The van der Waals surface area contributed by atoms with E-state index in [0.29, 0.717) is 23.7 Å². The van der Waals surface area contributed by atoms with Crippen LogP contribution in [0.3, 0.4) is 0 Å². The van der Waals surface area contributed by atoms with E-state index in [2.05, 4.69) is 39.8 Å². The van der Waals surface area contributed by atoms with Gasteiger partial charge in [-0.05, 0) is 44.4 Å². The molecule has 0 aromatic heterocycles. The first-order chi connectivity index (χ1) is 7.50. The van der Waals surface area contributed by atoms with Gasteiger partial charge in [-0.3, -0.25) is 0 Å². The van der Waals surface area contributed by atoms with Crippen LogP contribution in [0.1, 0.15) is 40.5 Å². The molecule has 0 saturated carbocycles. The highest BCUT2D eigenvalue weighted by molar-refractivity contribution is 5.23. The molecule has 16 heavy (non-hydrogen) atoms. The van der Waals surface area contributed by atoms with Crippen LogP contribution >= 0.6 is 0 Å². The number of aliphatic hydroxyl groups is 1. The van der Waals surface area contributed by atoms with Gasteiger partial charge in [-0.15, -0.1) is 0 Å². The summed E-state index contributed by atoms with van der Waals surface area (Å²) >= 11 is 0. The standard InChI is InChI=1S/C15H24O/c1-9(2)12-6-5-11(4)15-13(12)7-10(3)8-14(15)16/h5,7,9,12-16H,6,8H2,1-4H3/t12-,13+,14-,15-/m1/s1. The summed E-state index contributed by atoms with van der Waals surface area (Å²) in [4.78, 5) is 0. The van der Waals surface area contributed by atoms with Gasteiger partial charge in [0.15, 0.2) is 0 Å². The summed E-state index contributed by atoms with van der Waals surface area (Å²) in [6.45, 7) is 8.96. The van der Waals surface area contributed by atoms with Crippen molar-refractivity contribution in [3.8, 4) is 0 Å². The lowest BCUT2D eigenvalue weighted by atomic mass is 9.63. The highest BCUT2D eigenvalue weighted by Crippen LogP contribution is 2.45. The minimum absolute atomic E-state index is 0.159. The van der Waals surface area contributed by atoms with Gasteiger partial charge in [0.1, 0.15) is 0 Å². The summed E-state index contributed by atoms with van der Waals surface area (Å²) < 4.78 is 0. The van der Waals surface area contributed by atoms with Gasteiger partial charge in [-0.1, -0.05) is 37.1 Å². The second-order valence-electron chi connectivity index (χ2n) is 5.98. The molecule has 0 fully saturated rings. The SMILES string of the molecule is CC1=C[C@@H]2[C@@H](C(C)=CC[C@@H]2C(C)C)[C@H](O)C1. The van der Waals surface area contributed by atoms with Crippen LogP contribution in [0, 0.1) is 23.7 Å². The topological polar surface area (TPSA) is 20.2 Å². The number of rotatable bonds is 1. The molecule has 0 radical (unpaired) electrons. The largest absolute Gasteiger partial charge is 0.392 e. The zero-order valence-electron chi connectivity index (χ0n) is 10.9. The van der Waals surface area contributed by atoms with Crippen LogP contribution in [0.2, 0.25) is 0 Å². The van der Waals surface area contributed by atoms with Crippen LogP contribution in [0.5, 0.6) is 0 Å². The first-order valence-electron chi connectivity index (χ1n) is 6.52. The van der Waals surface area contributed by atoms with Crippen molar-refractivity contribution in [2.24, 2.45) is 23.7 Å². The maximum absolute atomic E-state index is 10.3. The molecule has 2 aliphatic carbocycles. The first kappa shape index (κ1) is 11.9. The summed E-state index contributed by atoms with van der Waals surface area (Å²) in [5, 5.41) is 10.3. The Bertz CT molecular complexity index is 324. The molecule has 0 aromatic carbocycles. The highest BCUT2D eigenvalue weighted by atomic mass is 16.3. The first-order valence-corrected chi connectivity index (χ1v) is 6.52. The van der Waals surface area contributed by atoms with E-state index in [0.717, 1.165) is 6.42 Å². The number of fused-ring (bicyclic) bond motifs is 1. The van der Waals surface area contributed by atoms with E-state index in [1.807, 2.05) is 0 Å². The second-order valence-corrected chi connectivity index (χ2v) is 5.98. The number of allylic oxidation sites excluding steroid dienone is 2. The van der Waals surface area contributed by atoms with Gasteiger partial charge >= 0.3 is 0 Å². The average Bonchev–Trinajstić information content (AvgIpc) is 2.15. The maximum atomic E-state index is 10.3. The molecule has 1 N–H and O–H groups in total. The van der Waals surface area contributed by atoms with Gasteiger partial charge in [0.25, 0.3) is 0 Å². The predicted octanol–water partition coefficient (Wildman–Crippen LogP) is 3.55. The molecule has 4 atom stereocenters. The predicted molar refractivity (Wildman–Crippen MR) is 68.1 cm³/mol. The zero-order valence-corrected chi connectivity index (χ0v) is 10.9. The van der Waals surface area contributed by atoms with Crippen LogP contribution in [-0.4, -0.2) is 11.2 Å². The highest BCUT2D eigenvalue weighted by Gasteiger charge is 2.39. The fraction of sp³-hybridized carbons (Fsp3) is 0.733. The molecule has 2 rings (SSSR count). The Morgan fingerprint density at radius 1 is 1.31 bits per heavy atom. The van der Waals surface area contributed by atoms with Crippen molar-refractivity contribution in [2.45, 2.75) is 46.6 Å². The Balaban J connectivity index is 2.35. The lowest BCUT2D eigenvalue weighted by molar-refractivity contribution is 0.0620. The minimum Gasteiger partial charge on any atom is -0.392 e. The molecule has 0 amide bonds. The zero-order chi connectivity index (χ0) is 11.9. The molecule has 0 bridgehead atoms. The Morgan fingerprint density at radius 3 is 2.62 bits per heavy atom. The van der Waals surface area contributed by atoms with Gasteiger partial charge < -0.3 is 5.11 Å². The molecule has 0 unspecified atom stereocenters. The fourth-order valence-corrected chi connectivity index (χ4v) is 3.54. The Hall–Kier alpha value is -0.560. The lowest BCUT2D eigenvalue weighted by Crippen LogP contribution is -2.39. The van der Waals surface area contributed by atoms with Gasteiger partial charge in [0, 0.05) is 5.92 Å². The molecule has 0 spiro atoms. The van der Waals surface area contributed by atoms with Crippen LogP contribution in [0.25, 0.3) is 0 Å². The normalized spacial score (nSPS) is 39.1. The Morgan fingerprint density at radius 2 is 2.00 bits per heavy atom. The van der Waals surface area contributed by atoms with Gasteiger partial charge in [-0.25, -0.2) is 0 Å². The number of hydrogen-bond donors (Lipinski definition) is 1. The van der Waals surface area contributed by atoms with Crippen molar-refractivity contribution in [3.63, 3.8) is 0 Å². The van der Waals surface area contributed by atoms with E-state index >= 15 is 0 Å².